The number of hydrogen-bond acceptors (Lipinski definition) is 6. The van der Waals surface area contributed by atoms with Gasteiger partial charge in [0.1, 0.15) is 0 Å². The molecule has 0 spiro atoms. The fraction of sp³-hybridized carbons (Fsp3) is 0.355. The summed E-state index contributed by atoms with van der Waals surface area (Å²) in [6.45, 7) is 3.47. The molecule has 0 unspecified atom stereocenters. The third-order valence-corrected chi connectivity index (χ3v) is 8.52. The first-order chi connectivity index (χ1) is 19.9. The van der Waals surface area contributed by atoms with Crippen molar-refractivity contribution < 1.29 is 23.6 Å². The van der Waals surface area contributed by atoms with Gasteiger partial charge in [-0.15, -0.1) is 0 Å². The number of fused-ring (bicyclic) bond motifs is 1. The molecule has 0 aliphatic carbocycles. The van der Waals surface area contributed by atoms with Crippen LogP contribution in [-0.4, -0.2) is 84.1 Å². The van der Waals surface area contributed by atoms with E-state index in [4.69, 9.17) is 16.0 Å². The lowest BCUT2D eigenvalue weighted by atomic mass is 9.93. The fourth-order valence-electron chi connectivity index (χ4n) is 6.03. The van der Waals surface area contributed by atoms with Crippen LogP contribution in [0.2, 0.25) is 5.02 Å². The number of furan rings is 1. The van der Waals surface area contributed by atoms with Gasteiger partial charge in [0.2, 0.25) is 5.91 Å². The number of anilines is 1. The summed E-state index contributed by atoms with van der Waals surface area (Å²) in [6.07, 6.45) is 3.33. The molecule has 6 rings (SSSR count). The normalized spacial score (nSPS) is 17.8. The van der Waals surface area contributed by atoms with Gasteiger partial charge in [-0.3, -0.25) is 24.1 Å². The standard InChI is InChI=1S/C31H31ClN4O5/c32-23-5-1-4-21(20-23)9-14-36-29(38)24-6-2-7-25(27(24)31(36)40)33-12-10-22(11-13-33)28(37)34-15-17-35(18-16-34)30(39)26-8-3-19-41-26/h1-8,19-20,22H,9-18H2. The van der Waals surface area contributed by atoms with Crippen molar-refractivity contribution in [3.05, 3.63) is 88.3 Å². The minimum Gasteiger partial charge on any atom is -0.459 e. The lowest BCUT2D eigenvalue weighted by Crippen LogP contribution is -2.53. The Hall–Kier alpha value is -4.11. The van der Waals surface area contributed by atoms with Crippen LogP contribution in [0.15, 0.2) is 65.3 Å². The highest BCUT2D eigenvalue weighted by Crippen LogP contribution is 2.34. The number of rotatable bonds is 6. The second-order valence-electron chi connectivity index (χ2n) is 10.7. The minimum atomic E-state index is -0.275. The molecule has 0 bridgehead atoms. The SMILES string of the molecule is O=C(c1ccco1)N1CCN(C(=O)C2CCN(c3cccc4c3C(=O)N(CCc3cccc(Cl)c3)C4=O)CC2)CC1. The zero-order valence-electron chi connectivity index (χ0n) is 22.6. The smallest absolute Gasteiger partial charge is 0.289 e. The van der Waals surface area contributed by atoms with Crippen LogP contribution >= 0.6 is 11.6 Å². The van der Waals surface area contributed by atoms with Crippen LogP contribution in [0.4, 0.5) is 5.69 Å². The Balaban J connectivity index is 1.06. The monoisotopic (exact) mass is 574 g/mol. The first kappa shape index (κ1) is 27.1. The number of carbonyl (C=O) groups excluding carboxylic acids is 4. The van der Waals surface area contributed by atoms with Crippen molar-refractivity contribution in [1.82, 2.24) is 14.7 Å². The molecule has 9 nitrogen and oxygen atoms in total. The number of halogens is 1. The first-order valence-corrected chi connectivity index (χ1v) is 14.4. The summed E-state index contributed by atoms with van der Waals surface area (Å²) in [5.41, 5.74) is 2.60. The van der Waals surface area contributed by atoms with Crippen molar-refractivity contribution in [2.75, 3.05) is 50.7 Å². The predicted molar refractivity (Wildman–Crippen MR) is 153 cm³/mol. The van der Waals surface area contributed by atoms with Gasteiger partial charge in [0.05, 0.1) is 23.1 Å². The largest absolute Gasteiger partial charge is 0.459 e. The van der Waals surface area contributed by atoms with Gasteiger partial charge >= 0.3 is 0 Å². The minimum absolute atomic E-state index is 0.109. The Kier molecular flexibility index (Phi) is 7.53. The summed E-state index contributed by atoms with van der Waals surface area (Å²) in [5.74, 6) is -0.379. The van der Waals surface area contributed by atoms with E-state index in [0.717, 1.165) is 11.3 Å². The maximum Gasteiger partial charge on any atom is 0.289 e. The van der Waals surface area contributed by atoms with Crippen LogP contribution in [-0.2, 0) is 11.2 Å². The van der Waals surface area contributed by atoms with E-state index < -0.39 is 0 Å². The number of piperazine rings is 1. The first-order valence-electron chi connectivity index (χ1n) is 14.0. The van der Waals surface area contributed by atoms with E-state index in [9.17, 15) is 19.2 Å². The van der Waals surface area contributed by atoms with Crippen LogP contribution in [0.1, 0.15) is 49.7 Å². The molecule has 3 aliphatic heterocycles. The van der Waals surface area contributed by atoms with E-state index in [1.165, 1.54) is 11.2 Å². The average Bonchev–Trinajstić information content (AvgIpc) is 3.63. The van der Waals surface area contributed by atoms with Gasteiger partial charge < -0.3 is 19.1 Å². The molecule has 212 valence electrons. The molecular weight excluding hydrogens is 544 g/mol. The van der Waals surface area contributed by atoms with Gasteiger partial charge in [-0.2, -0.15) is 0 Å². The third-order valence-electron chi connectivity index (χ3n) is 8.29. The molecule has 0 atom stereocenters. The van der Waals surface area contributed by atoms with E-state index in [1.807, 2.05) is 35.2 Å². The highest BCUT2D eigenvalue weighted by molar-refractivity contribution is 6.30. The van der Waals surface area contributed by atoms with Crippen LogP contribution in [0.5, 0.6) is 0 Å². The van der Waals surface area contributed by atoms with Crippen LogP contribution in [0, 0.1) is 5.92 Å². The lowest BCUT2D eigenvalue weighted by molar-refractivity contribution is -0.137. The van der Waals surface area contributed by atoms with E-state index in [-0.39, 0.29) is 36.1 Å². The molecule has 2 fully saturated rings. The highest BCUT2D eigenvalue weighted by Gasteiger charge is 2.39. The summed E-state index contributed by atoms with van der Waals surface area (Å²) in [4.78, 5) is 59.5. The Labute approximate surface area is 243 Å². The predicted octanol–water partition coefficient (Wildman–Crippen LogP) is 3.97. The quantitative estimate of drug-likeness (QED) is 0.414. The number of piperidine rings is 1. The summed E-state index contributed by atoms with van der Waals surface area (Å²) >= 11 is 6.09. The summed E-state index contributed by atoms with van der Waals surface area (Å²) < 4.78 is 5.22. The molecular formula is C31H31ClN4O5. The summed E-state index contributed by atoms with van der Waals surface area (Å²) in [6, 6.07) is 16.2. The van der Waals surface area contributed by atoms with Crippen LogP contribution in [0.3, 0.4) is 0 Å². The van der Waals surface area contributed by atoms with E-state index in [2.05, 4.69) is 4.90 Å². The van der Waals surface area contributed by atoms with Gasteiger partial charge in [-0.25, -0.2) is 0 Å². The van der Waals surface area contributed by atoms with Gasteiger partial charge in [-0.05, 0) is 61.2 Å². The van der Waals surface area contributed by atoms with E-state index in [1.54, 1.807) is 29.2 Å². The Morgan fingerprint density at radius 1 is 0.854 bits per heavy atom. The van der Waals surface area contributed by atoms with Crippen molar-refractivity contribution in [3.8, 4) is 0 Å². The maximum absolute atomic E-state index is 13.4. The number of nitrogens with zero attached hydrogens (tertiary/aromatic N) is 4. The van der Waals surface area contributed by atoms with Crippen molar-refractivity contribution in [2.45, 2.75) is 19.3 Å². The molecule has 1 aromatic heterocycles. The molecule has 0 N–H and O–H groups in total. The van der Waals surface area contributed by atoms with E-state index in [0.29, 0.717) is 80.4 Å². The van der Waals surface area contributed by atoms with Gasteiger partial charge in [-0.1, -0.05) is 29.8 Å². The molecule has 2 aromatic carbocycles. The summed E-state index contributed by atoms with van der Waals surface area (Å²) in [7, 11) is 0. The lowest BCUT2D eigenvalue weighted by Gasteiger charge is -2.39. The Morgan fingerprint density at radius 2 is 1.59 bits per heavy atom. The fourth-order valence-corrected chi connectivity index (χ4v) is 6.24. The topological polar surface area (TPSA) is 94.4 Å². The number of amides is 4. The number of imide groups is 1. The van der Waals surface area contributed by atoms with Crippen molar-refractivity contribution in [3.63, 3.8) is 0 Å². The molecule has 4 amide bonds. The maximum atomic E-state index is 13.4. The van der Waals surface area contributed by atoms with Gasteiger partial charge in [0, 0.05) is 56.8 Å². The molecule has 0 saturated carbocycles. The van der Waals surface area contributed by atoms with Crippen molar-refractivity contribution in [1.29, 1.82) is 0 Å². The second-order valence-corrected chi connectivity index (χ2v) is 11.1. The second kappa shape index (κ2) is 11.4. The highest BCUT2D eigenvalue weighted by atomic mass is 35.5. The average molecular weight is 575 g/mol. The van der Waals surface area contributed by atoms with Crippen LogP contribution < -0.4 is 4.90 Å². The van der Waals surface area contributed by atoms with Crippen LogP contribution in [0.25, 0.3) is 0 Å². The zero-order chi connectivity index (χ0) is 28.5. The molecule has 2 saturated heterocycles. The number of benzene rings is 2. The van der Waals surface area contributed by atoms with Crippen molar-refractivity contribution in [2.24, 2.45) is 5.92 Å². The molecule has 10 heteroatoms. The molecule has 0 radical (unpaired) electrons. The zero-order valence-corrected chi connectivity index (χ0v) is 23.4. The van der Waals surface area contributed by atoms with Gasteiger partial charge in [0.15, 0.2) is 5.76 Å². The molecule has 41 heavy (non-hydrogen) atoms. The molecule has 3 aliphatic rings. The van der Waals surface area contributed by atoms with E-state index >= 15 is 0 Å². The number of carbonyl (C=O) groups is 4. The molecule has 4 heterocycles. The van der Waals surface area contributed by atoms with Crippen molar-refractivity contribution >= 4 is 40.9 Å². The number of hydrogen-bond donors (Lipinski definition) is 0. The molecule has 3 aromatic rings. The summed E-state index contributed by atoms with van der Waals surface area (Å²) in [5, 5.41) is 0.622. The van der Waals surface area contributed by atoms with Gasteiger partial charge in [0.25, 0.3) is 17.7 Å². The Morgan fingerprint density at radius 3 is 2.29 bits per heavy atom. The third kappa shape index (κ3) is 5.34. The Bertz CT molecular complexity index is 1470.